The van der Waals surface area contributed by atoms with Gasteiger partial charge in [-0.05, 0) is 56.3 Å². The van der Waals surface area contributed by atoms with E-state index in [0.717, 1.165) is 43.9 Å². The zero-order chi connectivity index (χ0) is 17.6. The lowest BCUT2D eigenvalue weighted by molar-refractivity contribution is 0.0951. The fourth-order valence-electron chi connectivity index (χ4n) is 3.39. The summed E-state index contributed by atoms with van der Waals surface area (Å²) in [6.45, 7) is 7.97. The zero-order valence-corrected chi connectivity index (χ0v) is 15.2. The van der Waals surface area contributed by atoms with Crippen LogP contribution in [0, 0.1) is 19.8 Å². The molecule has 3 rings (SSSR count). The van der Waals surface area contributed by atoms with E-state index >= 15 is 0 Å². The highest BCUT2D eigenvalue weighted by molar-refractivity contribution is 5.94. The van der Waals surface area contributed by atoms with E-state index in [9.17, 15) is 4.79 Å². The number of pyridine rings is 1. The number of hydrogen-bond acceptors (Lipinski definition) is 3. The molecule has 1 aromatic heterocycles. The van der Waals surface area contributed by atoms with Gasteiger partial charge >= 0.3 is 0 Å². The van der Waals surface area contributed by atoms with Crippen molar-refractivity contribution in [2.24, 2.45) is 5.92 Å². The number of aromatic nitrogens is 1. The first-order valence-corrected chi connectivity index (χ1v) is 9.09. The third-order valence-corrected chi connectivity index (χ3v) is 5.06. The molecule has 0 saturated carbocycles. The van der Waals surface area contributed by atoms with Crippen molar-refractivity contribution in [2.45, 2.75) is 33.2 Å². The maximum Gasteiger partial charge on any atom is 0.252 e. The van der Waals surface area contributed by atoms with Gasteiger partial charge in [-0.3, -0.25) is 14.7 Å². The highest BCUT2D eigenvalue weighted by Crippen LogP contribution is 2.21. The molecule has 0 unspecified atom stereocenters. The fraction of sp³-hybridized carbons (Fsp3) is 0.429. The van der Waals surface area contributed by atoms with E-state index in [1.54, 1.807) is 6.20 Å². The molecule has 132 valence electrons. The molecule has 25 heavy (non-hydrogen) atoms. The Morgan fingerprint density at radius 2 is 2.08 bits per heavy atom. The molecule has 2 heterocycles. The van der Waals surface area contributed by atoms with Crippen molar-refractivity contribution in [3.8, 4) is 0 Å². The Kier molecular flexibility index (Phi) is 5.82. The number of nitrogens with one attached hydrogen (secondary N) is 1. The topological polar surface area (TPSA) is 45.2 Å². The number of carbonyl (C=O) groups excluding carboxylic acids is 1. The lowest BCUT2D eigenvalue weighted by Crippen LogP contribution is -2.27. The lowest BCUT2D eigenvalue weighted by Gasteiger charge is -2.16. The van der Waals surface area contributed by atoms with E-state index in [-0.39, 0.29) is 5.91 Å². The average Bonchev–Trinajstić information content (AvgIpc) is 3.05. The van der Waals surface area contributed by atoms with Gasteiger partial charge in [-0.1, -0.05) is 30.3 Å². The monoisotopic (exact) mass is 337 g/mol. The van der Waals surface area contributed by atoms with Gasteiger partial charge in [-0.25, -0.2) is 0 Å². The molecule has 4 heteroatoms. The summed E-state index contributed by atoms with van der Waals surface area (Å²) in [7, 11) is 0. The zero-order valence-electron chi connectivity index (χ0n) is 15.2. The highest BCUT2D eigenvalue weighted by atomic mass is 16.1. The number of hydrogen-bond donors (Lipinski definition) is 1. The summed E-state index contributed by atoms with van der Waals surface area (Å²) < 4.78 is 0. The fourth-order valence-corrected chi connectivity index (χ4v) is 3.39. The van der Waals surface area contributed by atoms with Crippen LogP contribution in [0.4, 0.5) is 0 Å². The quantitative estimate of drug-likeness (QED) is 0.879. The van der Waals surface area contributed by atoms with Gasteiger partial charge in [-0.15, -0.1) is 0 Å². The minimum absolute atomic E-state index is 0.0188. The SMILES string of the molecule is Cc1cc(C(=O)NCC[C@@H]2CCN(Cc3ccccc3)C2)cnc1C. The summed E-state index contributed by atoms with van der Waals surface area (Å²) >= 11 is 0. The average molecular weight is 337 g/mol. The number of aryl methyl sites for hydroxylation is 2. The summed E-state index contributed by atoms with van der Waals surface area (Å²) in [6.07, 6.45) is 3.91. The Bertz CT molecular complexity index is 714. The molecular formula is C21H27N3O. The minimum Gasteiger partial charge on any atom is -0.352 e. The first-order chi connectivity index (χ1) is 12.1. The van der Waals surface area contributed by atoms with Gasteiger partial charge in [-0.2, -0.15) is 0 Å². The molecule has 0 aliphatic carbocycles. The third-order valence-electron chi connectivity index (χ3n) is 5.06. The second-order valence-corrected chi connectivity index (χ2v) is 7.05. The van der Waals surface area contributed by atoms with Crippen molar-refractivity contribution in [1.82, 2.24) is 15.2 Å². The molecule has 1 saturated heterocycles. The Morgan fingerprint density at radius 1 is 1.28 bits per heavy atom. The molecule has 1 aliphatic heterocycles. The van der Waals surface area contributed by atoms with Crippen LogP contribution in [0.3, 0.4) is 0 Å². The lowest BCUT2D eigenvalue weighted by atomic mass is 10.1. The van der Waals surface area contributed by atoms with E-state index < -0.39 is 0 Å². The molecule has 0 spiro atoms. The van der Waals surface area contributed by atoms with Crippen molar-refractivity contribution in [3.63, 3.8) is 0 Å². The maximum absolute atomic E-state index is 12.2. The van der Waals surface area contributed by atoms with Gasteiger partial charge in [0.15, 0.2) is 0 Å². The normalized spacial score (nSPS) is 17.6. The van der Waals surface area contributed by atoms with E-state index in [0.29, 0.717) is 11.5 Å². The predicted molar refractivity (Wildman–Crippen MR) is 100 cm³/mol. The predicted octanol–water partition coefficient (Wildman–Crippen LogP) is 3.34. The van der Waals surface area contributed by atoms with Gasteiger partial charge in [0, 0.05) is 31.5 Å². The van der Waals surface area contributed by atoms with Crippen molar-refractivity contribution in [3.05, 3.63) is 65.0 Å². The Morgan fingerprint density at radius 3 is 2.84 bits per heavy atom. The van der Waals surface area contributed by atoms with E-state index in [2.05, 4.69) is 45.5 Å². The second-order valence-electron chi connectivity index (χ2n) is 7.05. The van der Waals surface area contributed by atoms with Crippen molar-refractivity contribution >= 4 is 5.91 Å². The summed E-state index contributed by atoms with van der Waals surface area (Å²) in [5.74, 6) is 0.650. The van der Waals surface area contributed by atoms with Crippen molar-refractivity contribution in [1.29, 1.82) is 0 Å². The first-order valence-electron chi connectivity index (χ1n) is 9.09. The molecule has 2 aromatic rings. The summed E-state index contributed by atoms with van der Waals surface area (Å²) in [5.41, 5.74) is 4.06. The Labute approximate surface area is 150 Å². The van der Waals surface area contributed by atoms with Crippen LogP contribution in [0.2, 0.25) is 0 Å². The first kappa shape index (κ1) is 17.6. The Balaban J connectivity index is 1.40. The van der Waals surface area contributed by atoms with Crippen LogP contribution in [-0.4, -0.2) is 35.4 Å². The number of carbonyl (C=O) groups is 1. The van der Waals surface area contributed by atoms with Crippen LogP contribution in [0.15, 0.2) is 42.6 Å². The summed E-state index contributed by atoms with van der Waals surface area (Å²) in [6, 6.07) is 12.5. The molecule has 1 N–H and O–H groups in total. The van der Waals surface area contributed by atoms with Gasteiger partial charge in [0.1, 0.15) is 0 Å². The van der Waals surface area contributed by atoms with E-state index in [1.807, 2.05) is 19.9 Å². The van der Waals surface area contributed by atoms with Crippen LogP contribution < -0.4 is 5.32 Å². The Hall–Kier alpha value is -2.20. The smallest absolute Gasteiger partial charge is 0.252 e. The number of nitrogens with zero attached hydrogens (tertiary/aromatic N) is 2. The van der Waals surface area contributed by atoms with Crippen molar-refractivity contribution < 1.29 is 4.79 Å². The number of amides is 1. The molecular weight excluding hydrogens is 310 g/mol. The molecule has 1 aliphatic rings. The van der Waals surface area contributed by atoms with Crippen LogP contribution >= 0.6 is 0 Å². The van der Waals surface area contributed by atoms with Gasteiger partial charge in [0.05, 0.1) is 5.56 Å². The number of benzene rings is 1. The van der Waals surface area contributed by atoms with E-state index in [1.165, 1.54) is 12.0 Å². The molecule has 1 amide bonds. The molecule has 0 bridgehead atoms. The molecule has 1 atom stereocenters. The molecule has 4 nitrogen and oxygen atoms in total. The standard InChI is InChI=1S/C21H27N3O/c1-16-12-20(13-23-17(16)2)21(25)22-10-8-19-9-11-24(15-19)14-18-6-4-3-5-7-18/h3-7,12-13,19H,8-11,14-15H2,1-2H3,(H,22,25)/t19-/m1/s1. The molecule has 1 fully saturated rings. The number of likely N-dealkylation sites (tertiary alicyclic amines) is 1. The van der Waals surface area contributed by atoms with Gasteiger partial charge in [0.25, 0.3) is 5.91 Å². The summed E-state index contributed by atoms with van der Waals surface area (Å²) in [5, 5.41) is 3.04. The van der Waals surface area contributed by atoms with Crippen molar-refractivity contribution in [2.75, 3.05) is 19.6 Å². The third kappa shape index (κ3) is 4.89. The van der Waals surface area contributed by atoms with Gasteiger partial charge < -0.3 is 5.32 Å². The van der Waals surface area contributed by atoms with Crippen LogP contribution in [0.25, 0.3) is 0 Å². The summed E-state index contributed by atoms with van der Waals surface area (Å²) in [4.78, 5) is 19.0. The van der Waals surface area contributed by atoms with Crippen LogP contribution in [0.1, 0.15) is 40.0 Å². The van der Waals surface area contributed by atoms with Gasteiger partial charge in [0.2, 0.25) is 0 Å². The minimum atomic E-state index is -0.0188. The maximum atomic E-state index is 12.2. The largest absolute Gasteiger partial charge is 0.352 e. The molecule has 0 radical (unpaired) electrons. The molecule has 1 aromatic carbocycles. The highest BCUT2D eigenvalue weighted by Gasteiger charge is 2.22. The van der Waals surface area contributed by atoms with Crippen LogP contribution in [0.5, 0.6) is 0 Å². The van der Waals surface area contributed by atoms with Crippen LogP contribution in [-0.2, 0) is 6.54 Å². The number of rotatable bonds is 6. The second kappa shape index (κ2) is 8.26. The van der Waals surface area contributed by atoms with E-state index in [4.69, 9.17) is 0 Å².